The molecule has 1 rings (SSSR count). The quantitative estimate of drug-likeness (QED) is 0.665. The predicted octanol–water partition coefficient (Wildman–Crippen LogP) is 0.510. The van der Waals surface area contributed by atoms with E-state index in [0.717, 1.165) is 11.6 Å². The number of carbonyl (C=O) groups is 1. The highest BCUT2D eigenvalue weighted by atomic mass is 16.2. The summed E-state index contributed by atoms with van der Waals surface area (Å²) in [4.78, 5) is 21.2. The average Bonchev–Trinajstić information content (AvgIpc) is 2.33. The van der Waals surface area contributed by atoms with Crippen LogP contribution >= 0.6 is 0 Å². The molecule has 0 aromatic carbocycles. The molecule has 0 aliphatic rings. The summed E-state index contributed by atoms with van der Waals surface area (Å²) < 4.78 is 0. The van der Waals surface area contributed by atoms with Crippen molar-refractivity contribution < 1.29 is 4.79 Å². The Morgan fingerprint density at radius 1 is 1.28 bits per heavy atom. The van der Waals surface area contributed by atoms with E-state index < -0.39 is 0 Å². The van der Waals surface area contributed by atoms with Crippen LogP contribution in [0.25, 0.3) is 0 Å². The molecule has 7 nitrogen and oxygen atoms in total. The highest BCUT2D eigenvalue weighted by molar-refractivity contribution is 5.73. The number of hydrogen-bond acceptors (Lipinski definition) is 5. The predicted molar refractivity (Wildman–Crippen MR) is 71.9 cm³/mol. The van der Waals surface area contributed by atoms with Gasteiger partial charge < -0.3 is 20.9 Å². The first-order valence-electron chi connectivity index (χ1n) is 5.75. The molecule has 0 bridgehead atoms. The molecule has 0 fully saturated rings. The van der Waals surface area contributed by atoms with Crippen molar-refractivity contribution in [3.63, 3.8) is 0 Å². The number of aromatic nitrogens is 2. The lowest BCUT2D eigenvalue weighted by Crippen LogP contribution is -2.37. The van der Waals surface area contributed by atoms with Crippen LogP contribution in [0.1, 0.15) is 5.82 Å². The van der Waals surface area contributed by atoms with Crippen LogP contribution in [-0.2, 0) is 0 Å². The lowest BCUT2D eigenvalue weighted by Gasteiger charge is -2.12. The molecule has 0 saturated heterocycles. The molecule has 0 atom stereocenters. The topological polar surface area (TPSA) is 82.2 Å². The van der Waals surface area contributed by atoms with E-state index in [1.807, 2.05) is 20.0 Å². The summed E-state index contributed by atoms with van der Waals surface area (Å²) in [6.45, 7) is 2.98. The Bertz CT molecular complexity index is 407. The van der Waals surface area contributed by atoms with Crippen molar-refractivity contribution in [2.45, 2.75) is 6.92 Å². The molecule has 1 heterocycles. The third-order valence-electron chi connectivity index (χ3n) is 2.21. The van der Waals surface area contributed by atoms with E-state index in [-0.39, 0.29) is 6.03 Å². The first-order valence-corrected chi connectivity index (χ1v) is 5.75. The van der Waals surface area contributed by atoms with Gasteiger partial charge in [-0.2, -0.15) is 0 Å². The van der Waals surface area contributed by atoms with E-state index in [1.165, 1.54) is 4.90 Å². The molecule has 3 N–H and O–H groups in total. The zero-order chi connectivity index (χ0) is 13.5. The third kappa shape index (κ3) is 4.44. The van der Waals surface area contributed by atoms with Crippen molar-refractivity contribution in [1.29, 1.82) is 0 Å². The molecule has 0 spiro atoms. The van der Waals surface area contributed by atoms with Crippen LogP contribution in [0, 0.1) is 6.92 Å². The summed E-state index contributed by atoms with van der Waals surface area (Å²) in [5.74, 6) is 2.20. The van der Waals surface area contributed by atoms with Gasteiger partial charge in [0.15, 0.2) is 0 Å². The van der Waals surface area contributed by atoms with Gasteiger partial charge in [-0.25, -0.2) is 14.8 Å². The van der Waals surface area contributed by atoms with E-state index in [4.69, 9.17) is 0 Å². The monoisotopic (exact) mass is 252 g/mol. The summed E-state index contributed by atoms with van der Waals surface area (Å²) >= 11 is 0. The number of nitrogens with one attached hydrogen (secondary N) is 3. The molecule has 1 aromatic rings. The molecule has 18 heavy (non-hydrogen) atoms. The second kappa shape index (κ2) is 6.63. The van der Waals surface area contributed by atoms with Crippen LogP contribution in [0.15, 0.2) is 6.07 Å². The van der Waals surface area contributed by atoms with Crippen molar-refractivity contribution in [1.82, 2.24) is 20.2 Å². The van der Waals surface area contributed by atoms with E-state index in [2.05, 4.69) is 25.9 Å². The maximum Gasteiger partial charge on any atom is 0.316 e. The molecule has 0 aliphatic carbocycles. The van der Waals surface area contributed by atoms with Crippen molar-refractivity contribution >= 4 is 17.7 Å². The molecular weight excluding hydrogens is 232 g/mol. The van der Waals surface area contributed by atoms with Crippen molar-refractivity contribution in [2.24, 2.45) is 0 Å². The molecule has 0 radical (unpaired) electrons. The normalized spacial score (nSPS) is 9.78. The van der Waals surface area contributed by atoms with Gasteiger partial charge in [-0.3, -0.25) is 0 Å². The maximum atomic E-state index is 11.3. The standard InChI is InChI=1S/C11H20N6O/c1-8-15-9(12-2)7-10(16-8)13-5-6-14-11(18)17(3)4/h7H,5-6H2,1-4H3,(H,14,18)(H2,12,13,15,16). The number of urea groups is 1. The molecule has 100 valence electrons. The number of carbonyl (C=O) groups excluding carboxylic acids is 1. The SMILES string of the molecule is CNc1cc(NCCNC(=O)N(C)C)nc(C)n1. The van der Waals surface area contributed by atoms with Gasteiger partial charge in [0.2, 0.25) is 0 Å². The summed E-state index contributed by atoms with van der Waals surface area (Å²) in [5.41, 5.74) is 0. The lowest BCUT2D eigenvalue weighted by molar-refractivity contribution is 0.218. The molecule has 7 heteroatoms. The number of amides is 2. The number of aryl methyl sites for hydroxylation is 1. The van der Waals surface area contributed by atoms with Gasteiger partial charge in [-0.1, -0.05) is 0 Å². The zero-order valence-electron chi connectivity index (χ0n) is 11.2. The van der Waals surface area contributed by atoms with E-state index in [9.17, 15) is 4.79 Å². The Kier molecular flexibility index (Phi) is 5.16. The van der Waals surface area contributed by atoms with Crippen molar-refractivity contribution in [3.8, 4) is 0 Å². The molecule has 1 aromatic heterocycles. The second-order valence-corrected chi connectivity index (χ2v) is 3.99. The summed E-state index contributed by atoms with van der Waals surface area (Å²) in [7, 11) is 5.22. The number of hydrogen-bond donors (Lipinski definition) is 3. The van der Waals surface area contributed by atoms with Crippen molar-refractivity contribution in [2.75, 3.05) is 44.9 Å². The highest BCUT2D eigenvalue weighted by Crippen LogP contribution is 2.09. The largest absolute Gasteiger partial charge is 0.373 e. The van der Waals surface area contributed by atoms with Gasteiger partial charge in [-0.15, -0.1) is 0 Å². The fourth-order valence-corrected chi connectivity index (χ4v) is 1.30. The number of anilines is 2. The Morgan fingerprint density at radius 3 is 2.56 bits per heavy atom. The summed E-state index contributed by atoms with van der Waals surface area (Å²) in [5, 5.41) is 8.86. The van der Waals surface area contributed by atoms with Gasteiger partial charge in [0.25, 0.3) is 0 Å². The fraction of sp³-hybridized carbons (Fsp3) is 0.545. The molecule has 0 aliphatic heterocycles. The molecule has 2 amide bonds. The van der Waals surface area contributed by atoms with Crippen LogP contribution < -0.4 is 16.0 Å². The van der Waals surface area contributed by atoms with Gasteiger partial charge in [-0.05, 0) is 6.92 Å². The Hall–Kier alpha value is -2.05. The van der Waals surface area contributed by atoms with Crippen LogP contribution in [-0.4, -0.2) is 55.1 Å². The first kappa shape index (κ1) is 14.0. The van der Waals surface area contributed by atoms with E-state index in [1.54, 1.807) is 14.1 Å². The Balaban J connectivity index is 2.39. The summed E-state index contributed by atoms with van der Waals surface area (Å²) in [6.07, 6.45) is 0. The van der Waals surface area contributed by atoms with E-state index >= 15 is 0 Å². The smallest absolute Gasteiger partial charge is 0.316 e. The highest BCUT2D eigenvalue weighted by Gasteiger charge is 2.02. The lowest BCUT2D eigenvalue weighted by atomic mass is 10.4. The fourth-order valence-electron chi connectivity index (χ4n) is 1.30. The van der Waals surface area contributed by atoms with E-state index in [0.29, 0.717) is 18.9 Å². The van der Waals surface area contributed by atoms with Gasteiger partial charge in [0.05, 0.1) is 0 Å². The van der Waals surface area contributed by atoms with Gasteiger partial charge in [0.1, 0.15) is 17.5 Å². The van der Waals surface area contributed by atoms with Crippen molar-refractivity contribution in [3.05, 3.63) is 11.9 Å². The molecule has 0 saturated carbocycles. The average molecular weight is 252 g/mol. The van der Waals surface area contributed by atoms with Gasteiger partial charge in [0, 0.05) is 40.3 Å². The second-order valence-electron chi connectivity index (χ2n) is 3.99. The van der Waals surface area contributed by atoms with Gasteiger partial charge >= 0.3 is 6.03 Å². The minimum Gasteiger partial charge on any atom is -0.373 e. The Morgan fingerprint density at radius 2 is 1.94 bits per heavy atom. The Labute approximate surface area is 107 Å². The molecular formula is C11H20N6O. The number of nitrogens with zero attached hydrogens (tertiary/aromatic N) is 3. The van der Waals surface area contributed by atoms with Crippen LogP contribution in [0.2, 0.25) is 0 Å². The molecule has 0 unspecified atom stereocenters. The maximum absolute atomic E-state index is 11.3. The van der Waals surface area contributed by atoms with Crippen LogP contribution in [0.4, 0.5) is 16.4 Å². The zero-order valence-corrected chi connectivity index (χ0v) is 11.2. The van der Waals surface area contributed by atoms with Crippen LogP contribution in [0.5, 0.6) is 0 Å². The summed E-state index contributed by atoms with van der Waals surface area (Å²) in [6, 6.07) is 1.72. The first-order chi connectivity index (χ1) is 8.52. The minimum atomic E-state index is -0.105. The van der Waals surface area contributed by atoms with Crippen LogP contribution in [0.3, 0.4) is 0 Å². The number of rotatable bonds is 5. The third-order valence-corrected chi connectivity index (χ3v) is 2.21. The minimum absolute atomic E-state index is 0.105.